The number of alkyl halides is 3. The van der Waals surface area contributed by atoms with E-state index in [9.17, 15) is 27.9 Å². The predicted octanol–water partition coefficient (Wildman–Crippen LogP) is 3.67. The van der Waals surface area contributed by atoms with Crippen LogP contribution in [0.1, 0.15) is 27.2 Å². The lowest BCUT2D eigenvalue weighted by Crippen LogP contribution is -2.28. The molecule has 6 nitrogen and oxygen atoms in total. The molecule has 2 aromatic carbocycles. The fraction of sp³-hybridized carbons (Fsp3) is 0.238. The summed E-state index contributed by atoms with van der Waals surface area (Å²) >= 11 is 6.01. The number of phenols is 1. The lowest BCUT2D eigenvalue weighted by Gasteiger charge is -2.10. The van der Waals surface area contributed by atoms with Crippen LogP contribution in [0.2, 0.25) is 5.02 Å². The van der Waals surface area contributed by atoms with E-state index in [1.807, 2.05) is 0 Å². The Bertz CT molecular complexity index is 1150. The SMILES string of the molecule is Cc1c(CC(=O)NCCO)c2cc(O)c(Cl)cc2n1C(=O)c1ccc(C(F)(F)F)cc1. The van der Waals surface area contributed by atoms with Crippen molar-refractivity contribution in [1.82, 2.24) is 9.88 Å². The number of amides is 1. The minimum atomic E-state index is -4.53. The summed E-state index contributed by atoms with van der Waals surface area (Å²) < 4.78 is 39.7. The Morgan fingerprint density at radius 2 is 1.81 bits per heavy atom. The molecule has 3 rings (SSSR count). The molecule has 0 bridgehead atoms. The second-order valence-electron chi connectivity index (χ2n) is 6.85. The van der Waals surface area contributed by atoms with Gasteiger partial charge < -0.3 is 15.5 Å². The number of aliphatic hydroxyl groups excluding tert-OH is 1. The first-order valence-corrected chi connectivity index (χ1v) is 9.54. The van der Waals surface area contributed by atoms with Gasteiger partial charge in [0.1, 0.15) is 5.75 Å². The molecule has 164 valence electrons. The zero-order chi connectivity index (χ0) is 22.9. The third-order valence-electron chi connectivity index (χ3n) is 4.84. The van der Waals surface area contributed by atoms with E-state index in [0.717, 1.165) is 24.3 Å². The zero-order valence-corrected chi connectivity index (χ0v) is 17.0. The van der Waals surface area contributed by atoms with Crippen molar-refractivity contribution in [3.63, 3.8) is 0 Å². The van der Waals surface area contributed by atoms with E-state index in [0.29, 0.717) is 22.2 Å². The molecule has 0 spiro atoms. The molecule has 0 aliphatic rings. The number of aromatic nitrogens is 1. The molecule has 0 aliphatic carbocycles. The van der Waals surface area contributed by atoms with Crippen molar-refractivity contribution in [2.75, 3.05) is 13.2 Å². The smallest absolute Gasteiger partial charge is 0.416 e. The molecule has 0 saturated heterocycles. The summed E-state index contributed by atoms with van der Waals surface area (Å²) in [6.45, 7) is 1.40. The van der Waals surface area contributed by atoms with Gasteiger partial charge in [0.05, 0.1) is 29.1 Å². The molecule has 1 heterocycles. The maximum Gasteiger partial charge on any atom is 0.416 e. The third-order valence-corrected chi connectivity index (χ3v) is 5.14. The fourth-order valence-electron chi connectivity index (χ4n) is 3.32. The third kappa shape index (κ3) is 4.52. The second kappa shape index (κ2) is 8.60. The van der Waals surface area contributed by atoms with Crippen LogP contribution in [-0.2, 0) is 17.4 Å². The highest BCUT2D eigenvalue weighted by Crippen LogP contribution is 2.35. The second-order valence-corrected chi connectivity index (χ2v) is 7.26. The van der Waals surface area contributed by atoms with Crippen molar-refractivity contribution in [2.24, 2.45) is 0 Å². The molecule has 3 N–H and O–H groups in total. The van der Waals surface area contributed by atoms with Gasteiger partial charge in [-0.15, -0.1) is 0 Å². The lowest BCUT2D eigenvalue weighted by molar-refractivity contribution is -0.137. The van der Waals surface area contributed by atoms with Gasteiger partial charge in [-0.3, -0.25) is 14.2 Å². The molecule has 0 saturated carbocycles. The number of aromatic hydroxyl groups is 1. The highest BCUT2D eigenvalue weighted by molar-refractivity contribution is 6.33. The minimum Gasteiger partial charge on any atom is -0.506 e. The van der Waals surface area contributed by atoms with Crippen LogP contribution in [0.3, 0.4) is 0 Å². The summed E-state index contributed by atoms with van der Waals surface area (Å²) in [5.74, 6) is -1.27. The summed E-state index contributed by atoms with van der Waals surface area (Å²) in [4.78, 5) is 25.3. The van der Waals surface area contributed by atoms with Crippen LogP contribution in [0.5, 0.6) is 5.75 Å². The Labute approximate surface area is 179 Å². The Hall–Kier alpha value is -3.04. The van der Waals surface area contributed by atoms with E-state index in [1.54, 1.807) is 6.92 Å². The number of hydrogen-bond acceptors (Lipinski definition) is 4. The van der Waals surface area contributed by atoms with Gasteiger partial charge in [0, 0.05) is 23.2 Å². The molecule has 10 heteroatoms. The summed E-state index contributed by atoms with van der Waals surface area (Å²) in [5.41, 5.74) is 0.245. The van der Waals surface area contributed by atoms with E-state index in [2.05, 4.69) is 5.32 Å². The Morgan fingerprint density at radius 1 is 1.16 bits per heavy atom. The average molecular weight is 455 g/mol. The van der Waals surface area contributed by atoms with Crippen molar-refractivity contribution >= 4 is 34.3 Å². The number of aliphatic hydroxyl groups is 1. The van der Waals surface area contributed by atoms with Gasteiger partial charge in [0.15, 0.2) is 0 Å². The average Bonchev–Trinajstić information content (AvgIpc) is 2.96. The van der Waals surface area contributed by atoms with Gasteiger partial charge in [0.25, 0.3) is 5.91 Å². The van der Waals surface area contributed by atoms with Crippen LogP contribution in [0, 0.1) is 6.92 Å². The first-order valence-electron chi connectivity index (χ1n) is 9.16. The van der Waals surface area contributed by atoms with Crippen molar-refractivity contribution in [3.05, 3.63) is 63.8 Å². The molecule has 31 heavy (non-hydrogen) atoms. The maximum atomic E-state index is 13.2. The highest BCUT2D eigenvalue weighted by atomic mass is 35.5. The molecule has 1 amide bonds. The number of carbonyl (C=O) groups excluding carboxylic acids is 2. The van der Waals surface area contributed by atoms with E-state index in [-0.39, 0.29) is 35.9 Å². The van der Waals surface area contributed by atoms with E-state index in [1.165, 1.54) is 16.7 Å². The van der Waals surface area contributed by atoms with Crippen LogP contribution >= 0.6 is 11.6 Å². The number of phenolic OH excluding ortho intramolecular Hbond substituents is 1. The Kier molecular flexibility index (Phi) is 6.28. The van der Waals surface area contributed by atoms with Crippen molar-refractivity contribution in [1.29, 1.82) is 0 Å². The minimum absolute atomic E-state index is 0.00785. The topological polar surface area (TPSA) is 91.6 Å². The van der Waals surface area contributed by atoms with Gasteiger partial charge in [0.2, 0.25) is 5.91 Å². The van der Waals surface area contributed by atoms with E-state index >= 15 is 0 Å². The van der Waals surface area contributed by atoms with Crippen molar-refractivity contribution < 1.29 is 33.0 Å². The molecule has 0 radical (unpaired) electrons. The molecular formula is C21H18ClF3N2O4. The molecule has 0 fully saturated rings. The zero-order valence-electron chi connectivity index (χ0n) is 16.3. The lowest BCUT2D eigenvalue weighted by atomic mass is 10.1. The highest BCUT2D eigenvalue weighted by Gasteiger charge is 2.30. The molecule has 0 unspecified atom stereocenters. The molecule has 3 aromatic rings. The van der Waals surface area contributed by atoms with E-state index < -0.39 is 23.6 Å². The standard InChI is InChI=1S/C21H18ClF3N2O4/c1-11-14(9-19(30)26-6-7-28)15-8-18(29)16(22)10-17(15)27(11)20(31)12-2-4-13(5-3-12)21(23,24)25/h2-5,8,10,28-29H,6-7,9H2,1H3,(H,26,30). The van der Waals surface area contributed by atoms with Crippen LogP contribution in [0.25, 0.3) is 10.9 Å². The first kappa shape index (κ1) is 22.6. The first-order chi connectivity index (χ1) is 14.5. The predicted molar refractivity (Wildman–Crippen MR) is 108 cm³/mol. The summed E-state index contributed by atoms with van der Waals surface area (Å²) in [6.07, 6.45) is -4.67. The van der Waals surface area contributed by atoms with Crippen LogP contribution < -0.4 is 5.32 Å². The summed E-state index contributed by atoms with van der Waals surface area (Å²) in [5, 5.41) is 21.8. The Balaban J connectivity index is 2.11. The number of nitrogens with zero attached hydrogens (tertiary/aromatic N) is 1. The number of benzene rings is 2. The monoisotopic (exact) mass is 454 g/mol. The number of carbonyl (C=O) groups is 2. The molecule has 0 aliphatic heterocycles. The van der Waals surface area contributed by atoms with Gasteiger partial charge in [-0.2, -0.15) is 13.2 Å². The Morgan fingerprint density at radius 3 is 2.39 bits per heavy atom. The van der Waals surface area contributed by atoms with Crippen LogP contribution in [0.4, 0.5) is 13.2 Å². The van der Waals surface area contributed by atoms with Gasteiger partial charge in [-0.1, -0.05) is 11.6 Å². The van der Waals surface area contributed by atoms with Gasteiger partial charge >= 0.3 is 6.18 Å². The fourth-order valence-corrected chi connectivity index (χ4v) is 3.48. The van der Waals surface area contributed by atoms with Crippen molar-refractivity contribution in [2.45, 2.75) is 19.5 Å². The van der Waals surface area contributed by atoms with E-state index in [4.69, 9.17) is 16.7 Å². The quantitative estimate of drug-likeness (QED) is 0.548. The van der Waals surface area contributed by atoms with Crippen LogP contribution in [-0.4, -0.2) is 39.7 Å². The normalized spacial score (nSPS) is 11.7. The summed E-state index contributed by atoms with van der Waals surface area (Å²) in [6, 6.07) is 6.47. The molecular weight excluding hydrogens is 437 g/mol. The number of halogens is 4. The van der Waals surface area contributed by atoms with Gasteiger partial charge in [-0.25, -0.2) is 0 Å². The number of hydrogen-bond donors (Lipinski definition) is 3. The number of nitrogens with one attached hydrogen (secondary N) is 1. The maximum absolute atomic E-state index is 13.2. The van der Waals surface area contributed by atoms with Crippen LogP contribution in [0.15, 0.2) is 36.4 Å². The van der Waals surface area contributed by atoms with Crippen molar-refractivity contribution in [3.8, 4) is 5.75 Å². The number of rotatable bonds is 5. The van der Waals surface area contributed by atoms with Gasteiger partial charge in [-0.05, 0) is 48.9 Å². The largest absolute Gasteiger partial charge is 0.506 e. The summed E-state index contributed by atoms with van der Waals surface area (Å²) in [7, 11) is 0. The molecule has 0 atom stereocenters. The molecule has 1 aromatic heterocycles. The number of fused-ring (bicyclic) bond motifs is 1.